The summed E-state index contributed by atoms with van der Waals surface area (Å²) in [7, 11) is 2.84. The van der Waals surface area contributed by atoms with E-state index < -0.39 is 5.97 Å². The van der Waals surface area contributed by atoms with Gasteiger partial charge < -0.3 is 24.3 Å². The van der Waals surface area contributed by atoms with Crippen LogP contribution in [0.3, 0.4) is 0 Å². The first-order chi connectivity index (χ1) is 10.2. The Balaban J connectivity index is 2.41. The molecule has 116 valence electrons. The second kappa shape index (κ2) is 9.73. The van der Waals surface area contributed by atoms with Crippen LogP contribution in [0, 0.1) is 0 Å². The van der Waals surface area contributed by atoms with E-state index in [2.05, 4.69) is 10.1 Å². The molecule has 7 nitrogen and oxygen atoms in total. The molecule has 0 fully saturated rings. The van der Waals surface area contributed by atoms with Gasteiger partial charge in [-0.25, -0.2) is 4.79 Å². The normalized spacial score (nSPS) is 10.0. The largest absolute Gasteiger partial charge is 0.482 e. The Labute approximate surface area is 123 Å². The number of amides is 1. The SMILES string of the molecule is COCCOCC(=O)Nc1cccc(OCC(=O)OC)c1. The van der Waals surface area contributed by atoms with Gasteiger partial charge in [0.2, 0.25) is 5.91 Å². The van der Waals surface area contributed by atoms with Crippen LogP contribution in [-0.2, 0) is 23.8 Å². The van der Waals surface area contributed by atoms with E-state index in [0.29, 0.717) is 24.7 Å². The first-order valence-electron chi connectivity index (χ1n) is 6.32. The van der Waals surface area contributed by atoms with E-state index in [0.717, 1.165) is 0 Å². The number of hydrogen-bond donors (Lipinski definition) is 1. The molecule has 0 aliphatic heterocycles. The Morgan fingerprint density at radius 2 is 1.95 bits per heavy atom. The van der Waals surface area contributed by atoms with Crippen LogP contribution in [0.4, 0.5) is 5.69 Å². The summed E-state index contributed by atoms with van der Waals surface area (Å²) in [5.74, 6) is -0.300. The molecule has 7 heteroatoms. The summed E-state index contributed by atoms with van der Waals surface area (Å²) in [4.78, 5) is 22.6. The number of benzene rings is 1. The number of ether oxygens (including phenoxy) is 4. The molecule has 0 aromatic heterocycles. The molecule has 0 aliphatic rings. The molecule has 0 bridgehead atoms. The highest BCUT2D eigenvalue weighted by atomic mass is 16.6. The smallest absolute Gasteiger partial charge is 0.343 e. The number of hydrogen-bond acceptors (Lipinski definition) is 6. The highest BCUT2D eigenvalue weighted by Gasteiger charge is 2.05. The lowest BCUT2D eigenvalue weighted by molar-refractivity contribution is -0.142. The summed E-state index contributed by atoms with van der Waals surface area (Å²) in [5, 5.41) is 2.66. The van der Waals surface area contributed by atoms with Crippen molar-refractivity contribution in [1.82, 2.24) is 0 Å². The predicted octanol–water partition coefficient (Wildman–Crippen LogP) is 0.840. The third-order valence-corrected chi connectivity index (χ3v) is 2.37. The number of esters is 1. The Morgan fingerprint density at radius 3 is 2.67 bits per heavy atom. The molecule has 0 heterocycles. The third kappa shape index (κ3) is 7.28. The Kier molecular flexibility index (Phi) is 7.85. The predicted molar refractivity (Wildman–Crippen MR) is 75.3 cm³/mol. The van der Waals surface area contributed by atoms with E-state index in [1.165, 1.54) is 7.11 Å². The quantitative estimate of drug-likeness (QED) is 0.537. The van der Waals surface area contributed by atoms with Gasteiger partial charge in [-0.15, -0.1) is 0 Å². The minimum Gasteiger partial charge on any atom is -0.482 e. The topological polar surface area (TPSA) is 83.1 Å². The van der Waals surface area contributed by atoms with Gasteiger partial charge in [0.05, 0.1) is 20.3 Å². The standard InChI is InChI=1S/C14H19NO6/c1-18-6-7-20-9-13(16)15-11-4-3-5-12(8-11)21-10-14(17)19-2/h3-5,8H,6-7,9-10H2,1-2H3,(H,15,16). The molecule has 1 rings (SSSR count). The van der Waals surface area contributed by atoms with Crippen molar-refractivity contribution in [3.63, 3.8) is 0 Å². The van der Waals surface area contributed by atoms with Gasteiger partial charge in [-0.1, -0.05) is 6.07 Å². The van der Waals surface area contributed by atoms with Crippen molar-refractivity contribution >= 4 is 17.6 Å². The fourth-order valence-electron chi connectivity index (χ4n) is 1.37. The molecule has 0 aliphatic carbocycles. The first kappa shape index (κ1) is 16.9. The van der Waals surface area contributed by atoms with E-state index in [4.69, 9.17) is 14.2 Å². The second-order valence-corrected chi connectivity index (χ2v) is 3.99. The molecule has 0 radical (unpaired) electrons. The van der Waals surface area contributed by atoms with Crippen molar-refractivity contribution in [1.29, 1.82) is 0 Å². The first-order valence-corrected chi connectivity index (χ1v) is 6.32. The van der Waals surface area contributed by atoms with Gasteiger partial charge in [-0.05, 0) is 12.1 Å². The van der Waals surface area contributed by atoms with Crippen LogP contribution in [0.2, 0.25) is 0 Å². The molecule has 1 amide bonds. The fourth-order valence-corrected chi connectivity index (χ4v) is 1.37. The molecule has 1 aromatic carbocycles. The number of nitrogens with one attached hydrogen (secondary N) is 1. The van der Waals surface area contributed by atoms with Crippen LogP contribution in [0.1, 0.15) is 0 Å². The van der Waals surface area contributed by atoms with Crippen LogP contribution < -0.4 is 10.1 Å². The summed E-state index contributed by atoms with van der Waals surface area (Å²) in [6.45, 7) is 0.543. The Hall–Kier alpha value is -2.12. The van der Waals surface area contributed by atoms with Crippen molar-refractivity contribution in [3.8, 4) is 5.75 Å². The third-order valence-electron chi connectivity index (χ3n) is 2.37. The van der Waals surface area contributed by atoms with Gasteiger partial charge in [-0.2, -0.15) is 0 Å². The molecule has 0 spiro atoms. The summed E-state index contributed by atoms with van der Waals surface area (Å²) in [6, 6.07) is 6.69. The molecule has 1 aromatic rings. The average molecular weight is 297 g/mol. The zero-order valence-electron chi connectivity index (χ0n) is 12.1. The maximum atomic E-state index is 11.6. The summed E-state index contributed by atoms with van der Waals surface area (Å²) in [5.41, 5.74) is 0.553. The van der Waals surface area contributed by atoms with E-state index in [-0.39, 0.29) is 19.1 Å². The van der Waals surface area contributed by atoms with Crippen molar-refractivity contribution in [2.45, 2.75) is 0 Å². The van der Waals surface area contributed by atoms with Crippen LogP contribution >= 0.6 is 0 Å². The fraction of sp³-hybridized carbons (Fsp3) is 0.429. The van der Waals surface area contributed by atoms with Crippen molar-refractivity contribution in [2.24, 2.45) is 0 Å². The maximum Gasteiger partial charge on any atom is 0.343 e. The zero-order valence-corrected chi connectivity index (χ0v) is 12.1. The summed E-state index contributed by atoms with van der Waals surface area (Å²) < 4.78 is 19.6. The van der Waals surface area contributed by atoms with Crippen LogP contribution in [0.15, 0.2) is 24.3 Å². The van der Waals surface area contributed by atoms with Gasteiger partial charge in [0.1, 0.15) is 12.4 Å². The van der Waals surface area contributed by atoms with Gasteiger partial charge in [0.25, 0.3) is 0 Å². The minimum atomic E-state index is -0.476. The van der Waals surface area contributed by atoms with E-state index in [1.807, 2.05) is 0 Å². The number of anilines is 1. The van der Waals surface area contributed by atoms with E-state index in [1.54, 1.807) is 31.4 Å². The lowest BCUT2D eigenvalue weighted by Crippen LogP contribution is -2.19. The highest BCUT2D eigenvalue weighted by Crippen LogP contribution is 2.17. The number of rotatable bonds is 9. The van der Waals surface area contributed by atoms with Crippen molar-refractivity contribution in [3.05, 3.63) is 24.3 Å². The Morgan fingerprint density at radius 1 is 1.14 bits per heavy atom. The van der Waals surface area contributed by atoms with Crippen LogP contribution in [-0.4, -0.2) is 52.5 Å². The van der Waals surface area contributed by atoms with Gasteiger partial charge >= 0.3 is 5.97 Å². The second-order valence-electron chi connectivity index (χ2n) is 3.99. The molecule has 21 heavy (non-hydrogen) atoms. The van der Waals surface area contributed by atoms with E-state index >= 15 is 0 Å². The number of carbonyl (C=O) groups excluding carboxylic acids is 2. The highest BCUT2D eigenvalue weighted by molar-refractivity contribution is 5.91. The monoisotopic (exact) mass is 297 g/mol. The zero-order chi connectivity index (χ0) is 15.5. The molecule has 0 unspecified atom stereocenters. The van der Waals surface area contributed by atoms with Crippen LogP contribution in [0.5, 0.6) is 5.75 Å². The lowest BCUT2D eigenvalue weighted by Gasteiger charge is -2.09. The average Bonchev–Trinajstić information content (AvgIpc) is 2.49. The van der Waals surface area contributed by atoms with Crippen LogP contribution in [0.25, 0.3) is 0 Å². The molecular formula is C14H19NO6. The van der Waals surface area contributed by atoms with Gasteiger partial charge in [-0.3, -0.25) is 4.79 Å². The van der Waals surface area contributed by atoms with Crippen molar-refractivity contribution in [2.75, 3.05) is 46.0 Å². The van der Waals surface area contributed by atoms with Gasteiger partial charge in [0, 0.05) is 18.9 Å². The van der Waals surface area contributed by atoms with E-state index in [9.17, 15) is 9.59 Å². The molecule has 0 atom stereocenters. The molecule has 0 saturated heterocycles. The molecular weight excluding hydrogens is 278 g/mol. The summed E-state index contributed by atoms with van der Waals surface area (Å²) >= 11 is 0. The summed E-state index contributed by atoms with van der Waals surface area (Å²) in [6.07, 6.45) is 0. The number of carbonyl (C=O) groups is 2. The number of methoxy groups -OCH3 is 2. The van der Waals surface area contributed by atoms with Gasteiger partial charge in [0.15, 0.2) is 6.61 Å². The molecule has 1 N–H and O–H groups in total. The minimum absolute atomic E-state index is 0.0589. The van der Waals surface area contributed by atoms with Crippen molar-refractivity contribution < 1.29 is 28.5 Å². The Bertz CT molecular complexity index is 463. The lowest BCUT2D eigenvalue weighted by atomic mass is 10.3. The maximum absolute atomic E-state index is 11.6. The molecule has 0 saturated carbocycles.